The normalized spacial score (nSPS) is 15.2. The maximum atomic E-state index is 12.5. The van der Waals surface area contributed by atoms with Gasteiger partial charge in [-0.3, -0.25) is 4.79 Å². The molecule has 1 saturated carbocycles. The largest absolute Gasteiger partial charge is 0.335 e. The van der Waals surface area contributed by atoms with Gasteiger partial charge in [-0.25, -0.2) is 0 Å². The fourth-order valence-corrected chi connectivity index (χ4v) is 3.04. The third kappa shape index (κ3) is 3.14. The van der Waals surface area contributed by atoms with Crippen LogP contribution in [0, 0.1) is 19.8 Å². The number of rotatable bonds is 5. The summed E-state index contributed by atoms with van der Waals surface area (Å²) in [6, 6.07) is 2.56. The summed E-state index contributed by atoms with van der Waals surface area (Å²) >= 11 is 1.64. The van der Waals surface area contributed by atoms with Crippen LogP contribution in [0.2, 0.25) is 0 Å². The average Bonchev–Trinajstić information content (AvgIpc) is 3.06. The molecule has 18 heavy (non-hydrogen) atoms. The minimum Gasteiger partial charge on any atom is -0.335 e. The van der Waals surface area contributed by atoms with Crippen LogP contribution in [0.1, 0.15) is 53.2 Å². The second-order valence-electron chi connectivity index (χ2n) is 5.76. The average molecular weight is 265 g/mol. The second kappa shape index (κ2) is 5.43. The molecule has 0 aromatic carbocycles. The molecule has 0 bridgehead atoms. The number of carbonyl (C=O) groups is 1. The molecule has 0 atom stereocenters. The lowest BCUT2D eigenvalue weighted by molar-refractivity contribution is 0.0740. The van der Waals surface area contributed by atoms with Crippen LogP contribution in [0.5, 0.6) is 0 Å². The van der Waals surface area contributed by atoms with Crippen LogP contribution in [0.4, 0.5) is 0 Å². The highest BCUT2D eigenvalue weighted by molar-refractivity contribution is 7.14. The summed E-state index contributed by atoms with van der Waals surface area (Å²) < 4.78 is 0. The fourth-order valence-electron chi connectivity index (χ4n) is 2.05. The van der Waals surface area contributed by atoms with E-state index in [0.29, 0.717) is 12.0 Å². The van der Waals surface area contributed by atoms with Gasteiger partial charge in [0.15, 0.2) is 0 Å². The maximum Gasteiger partial charge on any atom is 0.264 e. The molecule has 0 unspecified atom stereocenters. The molecule has 1 aromatic rings. The van der Waals surface area contributed by atoms with Gasteiger partial charge in [0.2, 0.25) is 0 Å². The van der Waals surface area contributed by atoms with Crippen LogP contribution in [0.25, 0.3) is 0 Å². The first kappa shape index (κ1) is 13.6. The van der Waals surface area contributed by atoms with Crippen molar-refractivity contribution in [1.82, 2.24) is 4.90 Å². The van der Waals surface area contributed by atoms with Crippen molar-refractivity contribution in [2.24, 2.45) is 5.92 Å². The topological polar surface area (TPSA) is 20.3 Å². The van der Waals surface area contributed by atoms with E-state index in [-0.39, 0.29) is 5.91 Å². The van der Waals surface area contributed by atoms with Gasteiger partial charge in [-0.1, -0.05) is 13.8 Å². The Hall–Kier alpha value is -0.830. The molecule has 1 heterocycles. The van der Waals surface area contributed by atoms with Crippen LogP contribution in [-0.4, -0.2) is 23.4 Å². The van der Waals surface area contributed by atoms with Gasteiger partial charge in [0.1, 0.15) is 0 Å². The molecule has 1 aromatic heterocycles. The summed E-state index contributed by atoms with van der Waals surface area (Å²) in [7, 11) is 0. The molecule has 1 fully saturated rings. The van der Waals surface area contributed by atoms with E-state index in [4.69, 9.17) is 0 Å². The minimum atomic E-state index is 0.249. The van der Waals surface area contributed by atoms with Gasteiger partial charge in [-0.05, 0) is 50.7 Å². The highest BCUT2D eigenvalue weighted by atomic mass is 32.1. The van der Waals surface area contributed by atoms with Crippen molar-refractivity contribution in [2.75, 3.05) is 6.54 Å². The number of amides is 1. The summed E-state index contributed by atoms with van der Waals surface area (Å²) in [4.78, 5) is 16.8. The number of hydrogen-bond acceptors (Lipinski definition) is 2. The smallest absolute Gasteiger partial charge is 0.264 e. The monoisotopic (exact) mass is 265 g/mol. The molecule has 2 nitrogen and oxygen atoms in total. The highest BCUT2D eigenvalue weighted by Crippen LogP contribution is 2.31. The van der Waals surface area contributed by atoms with Gasteiger partial charge < -0.3 is 4.90 Å². The first-order valence-electron chi connectivity index (χ1n) is 6.87. The molecule has 100 valence electrons. The van der Waals surface area contributed by atoms with Gasteiger partial charge >= 0.3 is 0 Å². The summed E-state index contributed by atoms with van der Waals surface area (Å²) in [6.45, 7) is 9.52. The molecule has 0 aliphatic heterocycles. The number of thiophene rings is 1. The van der Waals surface area contributed by atoms with Crippen molar-refractivity contribution < 1.29 is 4.79 Å². The Morgan fingerprint density at radius 1 is 1.44 bits per heavy atom. The van der Waals surface area contributed by atoms with E-state index in [9.17, 15) is 4.79 Å². The minimum absolute atomic E-state index is 0.249. The number of hydrogen-bond donors (Lipinski definition) is 0. The lowest BCUT2D eigenvalue weighted by Crippen LogP contribution is -2.34. The van der Waals surface area contributed by atoms with Crippen molar-refractivity contribution in [2.45, 2.75) is 53.0 Å². The van der Waals surface area contributed by atoms with E-state index in [1.54, 1.807) is 11.3 Å². The summed E-state index contributed by atoms with van der Waals surface area (Å²) in [5.74, 6) is 0.908. The summed E-state index contributed by atoms with van der Waals surface area (Å²) in [5.41, 5.74) is 1.24. The Kier molecular flexibility index (Phi) is 4.10. The molecule has 1 amide bonds. The molecule has 0 spiro atoms. The first-order valence-corrected chi connectivity index (χ1v) is 7.68. The quantitative estimate of drug-likeness (QED) is 0.787. The van der Waals surface area contributed by atoms with E-state index in [1.165, 1.54) is 23.3 Å². The Bertz CT molecular complexity index is 412. The fraction of sp³-hybridized carbons (Fsp3) is 0.667. The molecule has 0 radical (unpaired) electrons. The number of nitrogens with zero attached hydrogens (tertiary/aromatic N) is 1. The zero-order valence-electron chi connectivity index (χ0n) is 11.8. The summed E-state index contributed by atoms with van der Waals surface area (Å²) in [5, 5.41) is 0. The van der Waals surface area contributed by atoms with E-state index >= 15 is 0 Å². The third-order valence-electron chi connectivity index (χ3n) is 3.57. The van der Waals surface area contributed by atoms with Gasteiger partial charge in [-0.15, -0.1) is 11.3 Å². The van der Waals surface area contributed by atoms with Crippen molar-refractivity contribution in [3.05, 3.63) is 21.4 Å². The third-order valence-corrected chi connectivity index (χ3v) is 4.71. The Morgan fingerprint density at radius 2 is 2.11 bits per heavy atom. The molecule has 0 saturated heterocycles. The zero-order chi connectivity index (χ0) is 13.3. The standard InChI is InChI=1S/C15H23NOS/c1-10(2)7-8-16(13-5-6-13)15(17)14-9-11(3)12(4)18-14/h9-10,13H,5-8H2,1-4H3. The molecular weight excluding hydrogens is 242 g/mol. The molecular formula is C15H23NOS. The van der Waals surface area contributed by atoms with E-state index in [1.807, 2.05) is 6.07 Å². The lowest BCUT2D eigenvalue weighted by atomic mass is 10.1. The lowest BCUT2D eigenvalue weighted by Gasteiger charge is -2.22. The number of aryl methyl sites for hydroxylation is 2. The number of carbonyl (C=O) groups excluding carboxylic acids is 1. The molecule has 3 heteroatoms. The second-order valence-corrected chi connectivity index (χ2v) is 7.02. The van der Waals surface area contributed by atoms with Crippen LogP contribution >= 0.6 is 11.3 Å². The molecule has 1 aliphatic carbocycles. The van der Waals surface area contributed by atoms with Crippen molar-refractivity contribution >= 4 is 17.2 Å². The van der Waals surface area contributed by atoms with E-state index < -0.39 is 0 Å². The Morgan fingerprint density at radius 3 is 2.56 bits per heavy atom. The van der Waals surface area contributed by atoms with Crippen molar-refractivity contribution in [1.29, 1.82) is 0 Å². The predicted molar refractivity (Wildman–Crippen MR) is 77.3 cm³/mol. The highest BCUT2D eigenvalue weighted by Gasteiger charge is 2.33. The Labute approximate surface area is 114 Å². The van der Waals surface area contributed by atoms with Gasteiger partial charge in [0.05, 0.1) is 4.88 Å². The van der Waals surface area contributed by atoms with E-state index in [2.05, 4.69) is 32.6 Å². The van der Waals surface area contributed by atoms with Crippen molar-refractivity contribution in [3.63, 3.8) is 0 Å². The van der Waals surface area contributed by atoms with Gasteiger partial charge in [0.25, 0.3) is 5.91 Å². The van der Waals surface area contributed by atoms with Crippen LogP contribution in [0.3, 0.4) is 0 Å². The van der Waals surface area contributed by atoms with Crippen molar-refractivity contribution in [3.8, 4) is 0 Å². The maximum absolute atomic E-state index is 12.5. The SMILES string of the molecule is Cc1cc(C(=O)N(CCC(C)C)C2CC2)sc1C. The van der Waals surface area contributed by atoms with E-state index in [0.717, 1.165) is 17.8 Å². The summed E-state index contributed by atoms with van der Waals surface area (Å²) in [6.07, 6.45) is 3.48. The van der Waals surface area contributed by atoms with Crippen LogP contribution in [-0.2, 0) is 0 Å². The first-order chi connectivity index (χ1) is 8.49. The predicted octanol–water partition coefficient (Wildman–Crippen LogP) is 4.02. The molecule has 1 aliphatic rings. The van der Waals surface area contributed by atoms with Crippen LogP contribution < -0.4 is 0 Å². The van der Waals surface area contributed by atoms with Gasteiger partial charge in [-0.2, -0.15) is 0 Å². The molecule has 0 N–H and O–H groups in total. The van der Waals surface area contributed by atoms with Crippen LogP contribution in [0.15, 0.2) is 6.07 Å². The zero-order valence-corrected chi connectivity index (χ0v) is 12.6. The molecule has 2 rings (SSSR count). The Balaban J connectivity index is 2.08. The van der Waals surface area contributed by atoms with Gasteiger partial charge in [0, 0.05) is 17.5 Å².